The number of hydrogen-bond donors (Lipinski definition) is 1. The molecule has 0 aliphatic heterocycles. The summed E-state index contributed by atoms with van der Waals surface area (Å²) in [6, 6.07) is 15.6. The molecule has 1 N–H and O–H groups in total. The summed E-state index contributed by atoms with van der Waals surface area (Å²) in [5.74, 6) is 2.32. The number of anilines is 2. The SMILES string of the molecule is CN(CCC[NH+](C)CCSSCC[N+](C)(C)CCCN(C)c1ccccc1C=O)c1ccccc1C=O. The third-order valence-electron chi connectivity index (χ3n) is 6.78. The molecule has 0 aliphatic rings. The maximum Gasteiger partial charge on any atom is 0.152 e. The number of nitrogens with zero attached hydrogens (tertiary/aromatic N) is 3. The standard InChI is InChI=1S/C29H45N4O2S2/c1-30(16-10-17-31(2)28-14-8-6-12-26(28)24-34)19-22-36-37-23-21-33(4,5)20-11-18-32(3)29-15-9-7-13-27(29)25-35/h6-9,12-15,24-25H,10-11,16-23H2,1-5H3/q+1/p+1. The molecule has 0 radical (unpaired) electrons. The molecule has 0 heterocycles. The molecule has 0 amide bonds. The number of hydrogen-bond acceptors (Lipinski definition) is 6. The molecule has 1 unspecified atom stereocenters. The van der Waals surface area contributed by atoms with Crippen LogP contribution in [-0.4, -0.2) is 103 Å². The van der Waals surface area contributed by atoms with Gasteiger partial charge in [-0.25, -0.2) is 0 Å². The lowest BCUT2D eigenvalue weighted by Gasteiger charge is -2.31. The number of quaternary nitrogens is 2. The molecule has 37 heavy (non-hydrogen) atoms. The largest absolute Gasteiger partial charge is 0.374 e. The van der Waals surface area contributed by atoms with Crippen LogP contribution < -0.4 is 14.7 Å². The Balaban J connectivity index is 1.54. The van der Waals surface area contributed by atoms with Gasteiger partial charge in [0.15, 0.2) is 12.6 Å². The van der Waals surface area contributed by atoms with E-state index in [0.717, 1.165) is 96.6 Å². The Labute approximate surface area is 232 Å². The topological polar surface area (TPSA) is 45.1 Å². The average molecular weight is 547 g/mol. The van der Waals surface area contributed by atoms with Crippen LogP contribution in [0.25, 0.3) is 0 Å². The van der Waals surface area contributed by atoms with E-state index in [1.165, 1.54) is 6.54 Å². The van der Waals surface area contributed by atoms with Crippen LogP contribution >= 0.6 is 21.6 Å². The van der Waals surface area contributed by atoms with E-state index in [-0.39, 0.29) is 0 Å². The lowest BCUT2D eigenvalue weighted by atomic mass is 10.2. The Kier molecular flexibility index (Phi) is 14.1. The van der Waals surface area contributed by atoms with Gasteiger partial charge in [-0.15, -0.1) is 0 Å². The van der Waals surface area contributed by atoms with Crippen LogP contribution in [-0.2, 0) is 0 Å². The van der Waals surface area contributed by atoms with Gasteiger partial charge in [-0.05, 0) is 24.3 Å². The predicted octanol–water partition coefficient (Wildman–Crippen LogP) is 3.64. The first-order chi connectivity index (χ1) is 17.8. The van der Waals surface area contributed by atoms with E-state index < -0.39 is 0 Å². The Morgan fingerprint density at radius 2 is 1.27 bits per heavy atom. The molecule has 0 saturated carbocycles. The number of carbonyl (C=O) groups excluding carboxylic acids is 2. The Bertz CT molecular complexity index is 957. The summed E-state index contributed by atoms with van der Waals surface area (Å²) in [5, 5.41) is 0. The van der Waals surface area contributed by atoms with Gasteiger partial charge in [-0.1, -0.05) is 45.9 Å². The van der Waals surface area contributed by atoms with Gasteiger partial charge in [0.25, 0.3) is 0 Å². The molecular weight excluding hydrogens is 500 g/mol. The first-order valence-electron chi connectivity index (χ1n) is 13.2. The molecule has 0 spiro atoms. The molecule has 0 aliphatic carbocycles. The second kappa shape index (κ2) is 16.8. The fourth-order valence-corrected chi connectivity index (χ4v) is 6.74. The first-order valence-corrected chi connectivity index (χ1v) is 15.6. The van der Waals surface area contributed by atoms with Gasteiger partial charge in [0, 0.05) is 62.5 Å². The molecule has 8 heteroatoms. The van der Waals surface area contributed by atoms with Crippen molar-refractivity contribution in [1.82, 2.24) is 0 Å². The molecule has 0 bridgehead atoms. The Morgan fingerprint density at radius 1 is 0.757 bits per heavy atom. The molecule has 0 saturated heterocycles. The van der Waals surface area contributed by atoms with Crippen molar-refractivity contribution >= 4 is 45.5 Å². The van der Waals surface area contributed by atoms with Gasteiger partial charge < -0.3 is 19.2 Å². The third kappa shape index (κ3) is 11.5. The van der Waals surface area contributed by atoms with Crippen LogP contribution in [0.2, 0.25) is 0 Å². The van der Waals surface area contributed by atoms with Crippen molar-refractivity contribution < 1.29 is 19.0 Å². The van der Waals surface area contributed by atoms with Crippen LogP contribution in [0.5, 0.6) is 0 Å². The maximum atomic E-state index is 11.3. The smallest absolute Gasteiger partial charge is 0.152 e. The van der Waals surface area contributed by atoms with E-state index in [9.17, 15) is 9.59 Å². The molecule has 1 atom stereocenters. The molecule has 6 nitrogen and oxygen atoms in total. The summed E-state index contributed by atoms with van der Waals surface area (Å²) in [5.41, 5.74) is 3.54. The molecule has 0 fully saturated rings. The Hall–Kier alpha value is -2.00. The second-order valence-electron chi connectivity index (χ2n) is 10.4. The predicted molar refractivity (Wildman–Crippen MR) is 163 cm³/mol. The van der Waals surface area contributed by atoms with Gasteiger partial charge in [0.1, 0.15) is 0 Å². The quantitative estimate of drug-likeness (QED) is 0.126. The highest BCUT2D eigenvalue weighted by Crippen LogP contribution is 2.21. The molecule has 204 valence electrons. The number of aldehydes is 2. The van der Waals surface area contributed by atoms with E-state index >= 15 is 0 Å². The summed E-state index contributed by atoms with van der Waals surface area (Å²) in [6.07, 6.45) is 4.08. The monoisotopic (exact) mass is 546 g/mol. The van der Waals surface area contributed by atoms with Crippen molar-refractivity contribution in [3.8, 4) is 0 Å². The normalized spacial score (nSPS) is 12.2. The summed E-state index contributed by atoms with van der Waals surface area (Å²) < 4.78 is 1.02. The highest BCUT2D eigenvalue weighted by Gasteiger charge is 2.16. The van der Waals surface area contributed by atoms with E-state index in [1.54, 1.807) is 4.90 Å². The number of carbonyl (C=O) groups is 2. The molecular formula is C29H46N4O2S2+2. The van der Waals surface area contributed by atoms with E-state index in [2.05, 4.69) is 45.0 Å². The van der Waals surface area contributed by atoms with Crippen molar-refractivity contribution in [1.29, 1.82) is 0 Å². The second-order valence-corrected chi connectivity index (χ2v) is 13.1. The van der Waals surface area contributed by atoms with E-state index in [4.69, 9.17) is 0 Å². The van der Waals surface area contributed by atoms with Gasteiger partial charge in [0.05, 0.1) is 58.8 Å². The zero-order valence-corrected chi connectivity index (χ0v) is 25.0. The van der Waals surface area contributed by atoms with Crippen molar-refractivity contribution in [3.63, 3.8) is 0 Å². The van der Waals surface area contributed by atoms with Crippen molar-refractivity contribution in [2.24, 2.45) is 0 Å². The van der Waals surface area contributed by atoms with Gasteiger partial charge in [-0.2, -0.15) is 0 Å². The van der Waals surface area contributed by atoms with Gasteiger partial charge in [0.2, 0.25) is 0 Å². The number of para-hydroxylation sites is 2. The average Bonchev–Trinajstić information content (AvgIpc) is 2.90. The molecule has 0 aromatic heterocycles. The highest BCUT2D eigenvalue weighted by molar-refractivity contribution is 8.76. The maximum absolute atomic E-state index is 11.3. The van der Waals surface area contributed by atoms with E-state index in [1.807, 2.05) is 70.1 Å². The highest BCUT2D eigenvalue weighted by atomic mass is 33.1. The van der Waals surface area contributed by atoms with Crippen molar-refractivity contribution in [2.75, 3.05) is 95.8 Å². The van der Waals surface area contributed by atoms with Crippen LogP contribution in [0.1, 0.15) is 33.6 Å². The fourth-order valence-electron chi connectivity index (χ4n) is 4.32. The number of benzene rings is 2. The minimum Gasteiger partial charge on any atom is -0.374 e. The summed E-state index contributed by atoms with van der Waals surface area (Å²) in [4.78, 5) is 28.5. The lowest BCUT2D eigenvalue weighted by molar-refractivity contribution is -0.887. The number of rotatable bonds is 19. The van der Waals surface area contributed by atoms with Crippen LogP contribution in [0.15, 0.2) is 48.5 Å². The summed E-state index contributed by atoms with van der Waals surface area (Å²) in [6.45, 7) is 6.48. The fraction of sp³-hybridized carbons (Fsp3) is 0.517. The zero-order valence-electron chi connectivity index (χ0n) is 23.3. The molecule has 2 rings (SSSR count). The summed E-state index contributed by atoms with van der Waals surface area (Å²) >= 11 is 0. The molecule has 2 aromatic rings. The number of nitrogens with one attached hydrogen (secondary N) is 1. The third-order valence-corrected chi connectivity index (χ3v) is 9.17. The zero-order chi connectivity index (χ0) is 27.1. The Morgan fingerprint density at radius 3 is 1.84 bits per heavy atom. The van der Waals surface area contributed by atoms with Crippen molar-refractivity contribution in [3.05, 3.63) is 59.7 Å². The first kappa shape index (κ1) is 31.2. The minimum atomic E-state index is 0.757. The van der Waals surface area contributed by atoms with Gasteiger partial charge >= 0.3 is 0 Å². The lowest BCUT2D eigenvalue weighted by Crippen LogP contribution is -3.09. The van der Waals surface area contributed by atoms with Crippen LogP contribution in [0.3, 0.4) is 0 Å². The van der Waals surface area contributed by atoms with Gasteiger partial charge in [-0.3, -0.25) is 9.59 Å². The van der Waals surface area contributed by atoms with Crippen LogP contribution in [0.4, 0.5) is 11.4 Å². The van der Waals surface area contributed by atoms with Crippen molar-refractivity contribution in [2.45, 2.75) is 12.8 Å². The van der Waals surface area contributed by atoms with Crippen LogP contribution in [0, 0.1) is 0 Å². The minimum absolute atomic E-state index is 0.757. The molecule has 2 aromatic carbocycles. The van der Waals surface area contributed by atoms with E-state index in [0.29, 0.717) is 0 Å². The summed E-state index contributed by atoms with van der Waals surface area (Å²) in [7, 11) is 15.0.